The van der Waals surface area contributed by atoms with Crippen LogP contribution in [0.15, 0.2) is 46.2 Å². The lowest BCUT2D eigenvalue weighted by atomic mass is 10.0. The van der Waals surface area contributed by atoms with Crippen LogP contribution in [0.5, 0.6) is 0 Å². The van der Waals surface area contributed by atoms with Gasteiger partial charge in [-0.05, 0) is 48.7 Å². The Kier molecular flexibility index (Phi) is 5.28. The van der Waals surface area contributed by atoms with Gasteiger partial charge in [-0.3, -0.25) is 4.79 Å². The highest BCUT2D eigenvalue weighted by Gasteiger charge is 2.26. The zero-order valence-corrected chi connectivity index (χ0v) is 16.4. The number of anilines is 1. The fraction of sp³-hybridized carbons (Fsp3) is 0.235. The minimum atomic E-state index is -4.25. The van der Waals surface area contributed by atoms with E-state index in [4.69, 9.17) is 5.14 Å². The molecule has 3 rings (SSSR count). The second-order valence-corrected chi connectivity index (χ2v) is 9.69. The van der Waals surface area contributed by atoms with Crippen LogP contribution in [0.25, 0.3) is 0 Å². The van der Waals surface area contributed by atoms with Crippen molar-refractivity contribution in [1.82, 2.24) is 4.72 Å². The lowest BCUT2D eigenvalue weighted by molar-refractivity contribution is -0.116. The number of nitrogens with two attached hydrogens (primary N) is 1. The molecule has 0 bridgehead atoms. The van der Waals surface area contributed by atoms with Crippen LogP contribution in [0.1, 0.15) is 30.5 Å². The molecule has 0 saturated carbocycles. The number of primary sulfonamides is 1. The summed E-state index contributed by atoms with van der Waals surface area (Å²) in [5.74, 6) is -1.26. The highest BCUT2D eigenvalue weighted by Crippen LogP contribution is 2.29. The Labute approximate surface area is 162 Å². The van der Waals surface area contributed by atoms with Gasteiger partial charge in [0.15, 0.2) is 0 Å². The molecule has 1 aliphatic rings. The molecule has 0 fully saturated rings. The number of sulfonamides is 2. The second-order valence-electron chi connectivity index (χ2n) is 6.45. The topological polar surface area (TPSA) is 135 Å². The van der Waals surface area contributed by atoms with Gasteiger partial charge in [0.2, 0.25) is 26.0 Å². The molecule has 2 aromatic carbocycles. The van der Waals surface area contributed by atoms with Gasteiger partial charge in [-0.2, -0.15) is 0 Å². The molecule has 1 atom stereocenters. The Hall–Kier alpha value is -2.34. The first-order valence-corrected chi connectivity index (χ1v) is 11.3. The predicted octanol–water partition coefficient (Wildman–Crippen LogP) is 1.40. The number of amides is 1. The number of halogens is 1. The number of hydrogen-bond acceptors (Lipinski definition) is 5. The van der Waals surface area contributed by atoms with Crippen LogP contribution in [-0.2, 0) is 31.3 Å². The molecule has 2 aromatic rings. The molecule has 0 spiro atoms. The molecule has 0 aromatic heterocycles. The third kappa shape index (κ3) is 4.22. The van der Waals surface area contributed by atoms with Gasteiger partial charge < -0.3 is 5.32 Å². The van der Waals surface area contributed by atoms with E-state index in [1.807, 2.05) is 0 Å². The highest BCUT2D eigenvalue weighted by atomic mass is 32.2. The van der Waals surface area contributed by atoms with Crippen LogP contribution in [-0.4, -0.2) is 22.7 Å². The smallest absolute Gasteiger partial charge is 0.244 e. The van der Waals surface area contributed by atoms with Crippen molar-refractivity contribution in [3.63, 3.8) is 0 Å². The summed E-state index contributed by atoms with van der Waals surface area (Å²) in [6.45, 7) is 1.50. The summed E-state index contributed by atoms with van der Waals surface area (Å²) in [5, 5.41) is 7.60. The summed E-state index contributed by atoms with van der Waals surface area (Å²) in [6.07, 6.45) is 0.484. The molecule has 1 amide bonds. The normalized spacial score (nSPS) is 15.6. The summed E-state index contributed by atoms with van der Waals surface area (Å²) in [6, 6.07) is 6.83. The molecular formula is C17H18FN3O5S2. The van der Waals surface area contributed by atoms with Gasteiger partial charge >= 0.3 is 0 Å². The van der Waals surface area contributed by atoms with Gasteiger partial charge in [0.05, 0.1) is 4.90 Å². The van der Waals surface area contributed by atoms with Gasteiger partial charge in [0.1, 0.15) is 10.7 Å². The molecular weight excluding hydrogens is 409 g/mol. The lowest BCUT2D eigenvalue weighted by Crippen LogP contribution is -2.28. The minimum Gasteiger partial charge on any atom is -0.326 e. The zero-order valence-electron chi connectivity index (χ0n) is 14.8. The minimum absolute atomic E-state index is 0.160. The Balaban J connectivity index is 1.91. The largest absolute Gasteiger partial charge is 0.326 e. The molecule has 1 unspecified atom stereocenters. The number of hydrogen-bond donors (Lipinski definition) is 3. The Morgan fingerprint density at radius 1 is 1.14 bits per heavy atom. The van der Waals surface area contributed by atoms with Gasteiger partial charge in [-0.25, -0.2) is 31.1 Å². The Morgan fingerprint density at radius 3 is 2.54 bits per heavy atom. The third-order valence-electron chi connectivity index (χ3n) is 4.36. The molecule has 0 saturated heterocycles. The average molecular weight is 427 g/mol. The quantitative estimate of drug-likeness (QED) is 0.663. The molecule has 1 heterocycles. The van der Waals surface area contributed by atoms with Gasteiger partial charge in [-0.15, -0.1) is 0 Å². The van der Waals surface area contributed by atoms with Crippen molar-refractivity contribution in [3.8, 4) is 0 Å². The maximum atomic E-state index is 14.4. The van der Waals surface area contributed by atoms with Crippen molar-refractivity contribution in [2.24, 2.45) is 5.14 Å². The van der Waals surface area contributed by atoms with E-state index in [-0.39, 0.29) is 22.9 Å². The number of carbonyl (C=O) groups is 1. The number of rotatable bonds is 5. The number of nitrogens with one attached hydrogen (secondary N) is 2. The summed E-state index contributed by atoms with van der Waals surface area (Å²) in [7, 11) is -8.20. The lowest BCUT2D eigenvalue weighted by Gasteiger charge is -2.20. The Morgan fingerprint density at radius 2 is 1.86 bits per heavy atom. The van der Waals surface area contributed by atoms with E-state index in [9.17, 15) is 26.0 Å². The Bertz CT molecular complexity index is 1160. The molecule has 0 aliphatic carbocycles. The van der Waals surface area contributed by atoms with Crippen LogP contribution in [0.4, 0.5) is 10.1 Å². The molecule has 28 heavy (non-hydrogen) atoms. The maximum absolute atomic E-state index is 14.4. The molecule has 150 valence electrons. The van der Waals surface area contributed by atoms with Crippen LogP contribution in [0.2, 0.25) is 0 Å². The molecule has 0 radical (unpaired) electrons. The van der Waals surface area contributed by atoms with Crippen LogP contribution in [0.3, 0.4) is 0 Å². The van der Waals surface area contributed by atoms with E-state index in [0.29, 0.717) is 17.5 Å². The van der Waals surface area contributed by atoms with Gasteiger partial charge in [0, 0.05) is 18.2 Å². The first-order valence-electron chi connectivity index (χ1n) is 8.25. The first kappa shape index (κ1) is 20.4. The number of fused-ring (bicyclic) bond motifs is 1. The summed E-state index contributed by atoms with van der Waals surface area (Å²) >= 11 is 0. The molecule has 8 nitrogen and oxygen atoms in total. The van der Waals surface area contributed by atoms with E-state index in [1.165, 1.54) is 37.3 Å². The first-order chi connectivity index (χ1) is 13.0. The SMILES string of the molecule is CC(NS(=O)(=O)c1cc2c(cc1F)NC(=O)CC2)c1cccc(S(N)(=O)=O)c1. The fourth-order valence-corrected chi connectivity index (χ4v) is 4.82. The van der Waals surface area contributed by atoms with Gasteiger partial charge in [-0.1, -0.05) is 12.1 Å². The van der Waals surface area contributed by atoms with Crippen molar-refractivity contribution in [2.75, 3.05) is 5.32 Å². The van der Waals surface area contributed by atoms with Crippen molar-refractivity contribution >= 4 is 31.6 Å². The highest BCUT2D eigenvalue weighted by molar-refractivity contribution is 7.89. The van der Waals surface area contributed by atoms with Crippen LogP contribution in [0, 0.1) is 5.82 Å². The summed E-state index contributed by atoms with van der Waals surface area (Å²) in [5.41, 5.74) is 1.12. The monoisotopic (exact) mass is 427 g/mol. The predicted molar refractivity (Wildman–Crippen MR) is 99.9 cm³/mol. The van der Waals surface area contributed by atoms with Crippen molar-refractivity contribution in [1.29, 1.82) is 0 Å². The number of aryl methyl sites for hydroxylation is 1. The van der Waals surface area contributed by atoms with Crippen molar-refractivity contribution < 1.29 is 26.0 Å². The van der Waals surface area contributed by atoms with Crippen molar-refractivity contribution in [2.45, 2.75) is 35.6 Å². The van der Waals surface area contributed by atoms with Crippen molar-refractivity contribution in [3.05, 3.63) is 53.3 Å². The van der Waals surface area contributed by atoms with E-state index >= 15 is 0 Å². The standard InChI is InChI=1S/C17H18FN3O5S2/c1-10(11-3-2-4-13(7-11)27(19,23)24)21-28(25,26)16-8-12-5-6-17(22)20-15(12)9-14(16)18/h2-4,7-10,21H,5-6H2,1H3,(H,20,22)(H2,19,23,24). The number of benzene rings is 2. The summed E-state index contributed by atoms with van der Waals surface area (Å²) in [4.78, 5) is 10.7. The molecule has 1 aliphatic heterocycles. The average Bonchev–Trinajstić information content (AvgIpc) is 2.60. The molecule has 11 heteroatoms. The van der Waals surface area contributed by atoms with Gasteiger partial charge in [0.25, 0.3) is 0 Å². The van der Waals surface area contributed by atoms with Crippen LogP contribution >= 0.6 is 0 Å². The summed E-state index contributed by atoms with van der Waals surface area (Å²) < 4.78 is 65.1. The second kappa shape index (κ2) is 7.24. The molecule has 4 N–H and O–H groups in total. The maximum Gasteiger partial charge on any atom is 0.244 e. The van der Waals surface area contributed by atoms with E-state index in [0.717, 1.165) is 6.07 Å². The fourth-order valence-electron chi connectivity index (χ4n) is 2.91. The van der Waals surface area contributed by atoms with E-state index < -0.39 is 36.8 Å². The third-order valence-corrected chi connectivity index (χ3v) is 6.83. The van der Waals surface area contributed by atoms with E-state index in [1.54, 1.807) is 0 Å². The number of carbonyl (C=O) groups excluding carboxylic acids is 1. The van der Waals surface area contributed by atoms with Crippen LogP contribution < -0.4 is 15.2 Å². The van der Waals surface area contributed by atoms with E-state index in [2.05, 4.69) is 10.0 Å². The zero-order chi connectivity index (χ0) is 20.7.